The zero-order chi connectivity index (χ0) is 15.2. The van der Waals surface area contributed by atoms with Gasteiger partial charge in [0.05, 0.1) is 0 Å². The van der Waals surface area contributed by atoms with Gasteiger partial charge >= 0.3 is 0 Å². The van der Waals surface area contributed by atoms with E-state index < -0.39 is 0 Å². The standard InChI is InChI=1S/C19H24O2/c1-3-5-10-15-13-17(20)19(21)18(16(15)9-4-2)14-11-7-6-8-12-14/h6-8,11-13,20-21H,3-5,9-10H2,1-2H3. The molecule has 21 heavy (non-hydrogen) atoms. The van der Waals surface area contributed by atoms with Crippen LogP contribution >= 0.6 is 0 Å². The highest BCUT2D eigenvalue weighted by molar-refractivity contribution is 5.78. The van der Waals surface area contributed by atoms with E-state index in [4.69, 9.17) is 0 Å². The summed E-state index contributed by atoms with van der Waals surface area (Å²) in [5, 5.41) is 20.4. The van der Waals surface area contributed by atoms with Crippen LogP contribution in [0, 0.1) is 0 Å². The maximum atomic E-state index is 10.4. The molecule has 0 saturated carbocycles. The van der Waals surface area contributed by atoms with Crippen LogP contribution in [0.4, 0.5) is 0 Å². The molecule has 0 radical (unpaired) electrons. The first-order valence-corrected chi connectivity index (χ1v) is 7.81. The number of hydrogen-bond acceptors (Lipinski definition) is 2. The van der Waals surface area contributed by atoms with Crippen molar-refractivity contribution in [1.82, 2.24) is 0 Å². The van der Waals surface area contributed by atoms with Crippen LogP contribution in [-0.2, 0) is 12.8 Å². The Balaban J connectivity index is 2.62. The molecular formula is C19H24O2. The van der Waals surface area contributed by atoms with E-state index in [0.717, 1.165) is 48.8 Å². The molecule has 0 spiro atoms. The first-order valence-electron chi connectivity index (χ1n) is 7.81. The molecule has 0 fully saturated rings. The van der Waals surface area contributed by atoms with Crippen LogP contribution in [-0.4, -0.2) is 10.2 Å². The van der Waals surface area contributed by atoms with Crippen LogP contribution in [0.1, 0.15) is 44.2 Å². The van der Waals surface area contributed by atoms with Gasteiger partial charge in [0.15, 0.2) is 11.5 Å². The fourth-order valence-electron chi connectivity index (χ4n) is 2.79. The molecule has 0 unspecified atom stereocenters. The Bertz CT molecular complexity index is 588. The highest BCUT2D eigenvalue weighted by Gasteiger charge is 2.18. The third-order valence-electron chi connectivity index (χ3n) is 3.84. The maximum Gasteiger partial charge on any atom is 0.165 e. The van der Waals surface area contributed by atoms with Crippen molar-refractivity contribution in [2.24, 2.45) is 0 Å². The second-order valence-electron chi connectivity index (χ2n) is 5.48. The predicted octanol–water partition coefficient (Wildman–Crippen LogP) is 5.06. The molecule has 2 N–H and O–H groups in total. The molecule has 0 heterocycles. The summed E-state index contributed by atoms with van der Waals surface area (Å²) in [4.78, 5) is 0. The Morgan fingerprint density at radius 1 is 0.905 bits per heavy atom. The Labute approximate surface area is 127 Å². The number of aromatic hydroxyl groups is 2. The van der Waals surface area contributed by atoms with Crippen molar-refractivity contribution in [2.75, 3.05) is 0 Å². The number of aryl methyl sites for hydroxylation is 1. The van der Waals surface area contributed by atoms with Crippen LogP contribution in [0.2, 0.25) is 0 Å². The van der Waals surface area contributed by atoms with Crippen LogP contribution in [0.15, 0.2) is 36.4 Å². The van der Waals surface area contributed by atoms with Crippen LogP contribution in [0.25, 0.3) is 11.1 Å². The molecule has 0 amide bonds. The quantitative estimate of drug-likeness (QED) is 0.728. The molecule has 0 atom stereocenters. The van der Waals surface area contributed by atoms with E-state index in [1.807, 2.05) is 30.3 Å². The summed E-state index contributed by atoms with van der Waals surface area (Å²) in [6.45, 7) is 4.31. The number of unbranched alkanes of at least 4 members (excludes halogenated alkanes) is 1. The average molecular weight is 284 g/mol. The number of benzene rings is 2. The van der Waals surface area contributed by atoms with Gasteiger partial charge < -0.3 is 10.2 Å². The minimum absolute atomic E-state index is 0.00454. The third kappa shape index (κ3) is 3.38. The van der Waals surface area contributed by atoms with Gasteiger partial charge in [-0.3, -0.25) is 0 Å². The van der Waals surface area contributed by atoms with Gasteiger partial charge in [-0.05, 0) is 42.0 Å². The van der Waals surface area contributed by atoms with Crippen molar-refractivity contribution >= 4 is 0 Å². The van der Waals surface area contributed by atoms with Gasteiger partial charge in [0.2, 0.25) is 0 Å². The molecule has 0 aliphatic rings. The largest absolute Gasteiger partial charge is 0.504 e. The lowest BCUT2D eigenvalue weighted by molar-refractivity contribution is 0.404. The Kier molecular flexibility index (Phi) is 5.26. The molecule has 2 aromatic carbocycles. The summed E-state index contributed by atoms with van der Waals surface area (Å²) in [6, 6.07) is 11.6. The normalized spacial score (nSPS) is 10.8. The lowest BCUT2D eigenvalue weighted by atomic mass is 9.89. The van der Waals surface area contributed by atoms with Gasteiger partial charge in [0.25, 0.3) is 0 Å². The molecule has 0 saturated heterocycles. The minimum atomic E-state index is -0.0141. The van der Waals surface area contributed by atoms with Crippen molar-refractivity contribution in [3.63, 3.8) is 0 Å². The van der Waals surface area contributed by atoms with Crippen molar-refractivity contribution in [1.29, 1.82) is 0 Å². The van der Waals surface area contributed by atoms with Crippen LogP contribution in [0.5, 0.6) is 11.5 Å². The van der Waals surface area contributed by atoms with Crippen molar-refractivity contribution in [3.8, 4) is 22.6 Å². The third-order valence-corrected chi connectivity index (χ3v) is 3.84. The van der Waals surface area contributed by atoms with E-state index in [0.29, 0.717) is 0 Å². The maximum absolute atomic E-state index is 10.4. The van der Waals surface area contributed by atoms with Crippen LogP contribution in [0.3, 0.4) is 0 Å². The zero-order valence-electron chi connectivity index (χ0n) is 12.9. The summed E-state index contributed by atoms with van der Waals surface area (Å²) in [5.41, 5.74) is 4.09. The molecule has 0 aliphatic carbocycles. The van der Waals surface area contributed by atoms with E-state index in [-0.39, 0.29) is 11.5 Å². The summed E-state index contributed by atoms with van der Waals surface area (Å²) in [6.07, 6.45) is 5.09. The Morgan fingerprint density at radius 2 is 1.62 bits per heavy atom. The molecule has 0 aromatic heterocycles. The monoisotopic (exact) mass is 284 g/mol. The fourth-order valence-corrected chi connectivity index (χ4v) is 2.79. The van der Waals surface area contributed by atoms with Crippen molar-refractivity contribution in [2.45, 2.75) is 46.0 Å². The lowest BCUT2D eigenvalue weighted by Crippen LogP contribution is -1.99. The van der Waals surface area contributed by atoms with Crippen LogP contribution < -0.4 is 0 Å². The van der Waals surface area contributed by atoms with Crippen molar-refractivity contribution < 1.29 is 10.2 Å². The predicted molar refractivity (Wildman–Crippen MR) is 87.8 cm³/mol. The molecular weight excluding hydrogens is 260 g/mol. The first kappa shape index (κ1) is 15.4. The van der Waals surface area contributed by atoms with E-state index in [1.165, 1.54) is 5.56 Å². The zero-order valence-corrected chi connectivity index (χ0v) is 12.9. The van der Waals surface area contributed by atoms with E-state index in [1.54, 1.807) is 6.07 Å². The number of phenolic OH excluding ortho intramolecular Hbond substituents is 2. The molecule has 0 aliphatic heterocycles. The van der Waals surface area contributed by atoms with Crippen molar-refractivity contribution in [3.05, 3.63) is 47.5 Å². The summed E-state index contributed by atoms with van der Waals surface area (Å²) >= 11 is 0. The average Bonchev–Trinajstić information content (AvgIpc) is 2.50. The Hall–Kier alpha value is -1.96. The smallest absolute Gasteiger partial charge is 0.165 e. The van der Waals surface area contributed by atoms with Gasteiger partial charge in [-0.15, -0.1) is 0 Å². The molecule has 2 heteroatoms. The van der Waals surface area contributed by atoms with E-state index in [2.05, 4.69) is 13.8 Å². The lowest BCUT2D eigenvalue weighted by Gasteiger charge is -2.17. The molecule has 2 nitrogen and oxygen atoms in total. The fraction of sp³-hybridized carbons (Fsp3) is 0.368. The highest BCUT2D eigenvalue weighted by atomic mass is 16.3. The molecule has 0 bridgehead atoms. The topological polar surface area (TPSA) is 40.5 Å². The van der Waals surface area contributed by atoms with Gasteiger partial charge in [-0.25, -0.2) is 0 Å². The molecule has 2 aromatic rings. The number of hydrogen-bond donors (Lipinski definition) is 2. The van der Waals surface area contributed by atoms with Gasteiger partial charge in [-0.2, -0.15) is 0 Å². The molecule has 2 rings (SSSR count). The second kappa shape index (κ2) is 7.16. The SMILES string of the molecule is CCCCc1cc(O)c(O)c(-c2ccccc2)c1CCC. The van der Waals surface area contributed by atoms with E-state index >= 15 is 0 Å². The van der Waals surface area contributed by atoms with Gasteiger partial charge in [0.1, 0.15) is 0 Å². The highest BCUT2D eigenvalue weighted by Crippen LogP contribution is 2.42. The Morgan fingerprint density at radius 3 is 2.24 bits per heavy atom. The first-order chi connectivity index (χ1) is 10.2. The summed E-state index contributed by atoms with van der Waals surface area (Å²) in [7, 11) is 0. The number of phenols is 2. The number of rotatable bonds is 6. The van der Waals surface area contributed by atoms with E-state index in [9.17, 15) is 10.2 Å². The minimum Gasteiger partial charge on any atom is -0.504 e. The second-order valence-corrected chi connectivity index (χ2v) is 5.48. The van der Waals surface area contributed by atoms with Gasteiger partial charge in [-0.1, -0.05) is 57.0 Å². The summed E-state index contributed by atoms with van der Waals surface area (Å²) in [5.74, 6) is -0.00953. The molecule has 112 valence electrons. The summed E-state index contributed by atoms with van der Waals surface area (Å²) < 4.78 is 0. The van der Waals surface area contributed by atoms with Gasteiger partial charge in [0, 0.05) is 5.56 Å².